The number of amides is 1. The van der Waals surface area contributed by atoms with Crippen LogP contribution in [-0.4, -0.2) is 26.4 Å². The maximum Gasteiger partial charge on any atom is 0.234 e. The molecular weight excluding hydrogens is 391 g/mol. The summed E-state index contributed by atoms with van der Waals surface area (Å²) < 4.78 is 21.5. The van der Waals surface area contributed by atoms with Gasteiger partial charge < -0.3 is 14.6 Å². The molecule has 0 radical (unpaired) electrons. The largest absolute Gasteiger partial charge is 0.482 e. The van der Waals surface area contributed by atoms with Crippen molar-refractivity contribution in [2.45, 2.75) is 32.0 Å². The average molecular weight is 415 g/mol. The summed E-state index contributed by atoms with van der Waals surface area (Å²) in [6.45, 7) is 5.94. The molecule has 0 saturated heterocycles. The lowest BCUT2D eigenvalue weighted by Crippen LogP contribution is -2.15. The number of hydrogen-bond donors (Lipinski definition) is 1. The van der Waals surface area contributed by atoms with E-state index in [2.05, 4.69) is 21.6 Å². The van der Waals surface area contributed by atoms with Crippen LogP contribution in [-0.2, 0) is 11.8 Å². The third-order valence-corrected chi connectivity index (χ3v) is 5.37. The number of benzene rings is 2. The van der Waals surface area contributed by atoms with Crippen molar-refractivity contribution in [3.63, 3.8) is 0 Å². The van der Waals surface area contributed by atoms with Crippen molar-refractivity contribution in [1.29, 1.82) is 0 Å². The van der Waals surface area contributed by atoms with E-state index < -0.39 is 5.82 Å². The highest BCUT2D eigenvalue weighted by atomic mass is 32.2. The number of nitrogens with one attached hydrogen (secondary N) is 1. The molecule has 1 unspecified atom stereocenters. The molecule has 6 nitrogen and oxygen atoms in total. The van der Waals surface area contributed by atoms with Crippen LogP contribution in [0.4, 0.5) is 10.1 Å². The van der Waals surface area contributed by atoms with Crippen LogP contribution in [0.25, 0.3) is 0 Å². The highest BCUT2D eigenvalue weighted by Gasteiger charge is 2.19. The Kier molecular flexibility index (Phi) is 6.53. The van der Waals surface area contributed by atoms with Crippen molar-refractivity contribution in [1.82, 2.24) is 14.8 Å². The topological polar surface area (TPSA) is 69.0 Å². The van der Waals surface area contributed by atoms with Crippen LogP contribution >= 0.6 is 11.8 Å². The SMILES string of the molecule is Cc1ccc(OC(C)c2nnc(SCC(=O)Nc3ccccc3F)n2C)c(C)c1. The Labute approximate surface area is 173 Å². The van der Waals surface area contributed by atoms with Gasteiger partial charge in [0.1, 0.15) is 11.6 Å². The number of carbonyl (C=O) groups excluding carboxylic acids is 1. The molecule has 1 amide bonds. The predicted molar refractivity (Wildman–Crippen MR) is 112 cm³/mol. The highest BCUT2D eigenvalue weighted by molar-refractivity contribution is 7.99. The monoisotopic (exact) mass is 414 g/mol. The van der Waals surface area contributed by atoms with E-state index in [4.69, 9.17) is 4.74 Å². The third kappa shape index (κ3) is 5.14. The van der Waals surface area contributed by atoms with Gasteiger partial charge >= 0.3 is 0 Å². The van der Waals surface area contributed by atoms with Crippen LogP contribution in [0.15, 0.2) is 47.6 Å². The lowest BCUT2D eigenvalue weighted by molar-refractivity contribution is -0.113. The molecule has 1 aromatic heterocycles. The average Bonchev–Trinajstić information content (AvgIpc) is 3.05. The van der Waals surface area contributed by atoms with E-state index in [0.29, 0.717) is 11.0 Å². The van der Waals surface area contributed by atoms with Crippen LogP contribution in [0.2, 0.25) is 0 Å². The summed E-state index contributed by atoms with van der Waals surface area (Å²) in [5.74, 6) is 0.757. The summed E-state index contributed by atoms with van der Waals surface area (Å²) in [5.41, 5.74) is 2.39. The maximum atomic E-state index is 13.6. The molecule has 0 spiro atoms. The highest BCUT2D eigenvalue weighted by Crippen LogP contribution is 2.26. The molecule has 3 aromatic rings. The molecule has 1 atom stereocenters. The van der Waals surface area contributed by atoms with Gasteiger partial charge in [0.2, 0.25) is 5.91 Å². The van der Waals surface area contributed by atoms with Gasteiger partial charge in [0.15, 0.2) is 17.1 Å². The van der Waals surface area contributed by atoms with Gasteiger partial charge in [-0.25, -0.2) is 4.39 Å². The fourth-order valence-electron chi connectivity index (χ4n) is 2.86. The van der Waals surface area contributed by atoms with Crippen molar-refractivity contribution >= 4 is 23.4 Å². The Morgan fingerprint density at radius 2 is 2.00 bits per heavy atom. The van der Waals surface area contributed by atoms with Crippen molar-refractivity contribution in [3.8, 4) is 5.75 Å². The Morgan fingerprint density at radius 1 is 1.24 bits per heavy atom. The van der Waals surface area contributed by atoms with Crippen LogP contribution in [0.5, 0.6) is 5.75 Å². The molecule has 1 heterocycles. The van der Waals surface area contributed by atoms with Crippen molar-refractivity contribution in [2.75, 3.05) is 11.1 Å². The molecule has 0 aliphatic carbocycles. The minimum absolute atomic E-state index is 0.0899. The molecule has 0 aliphatic rings. The lowest BCUT2D eigenvalue weighted by Gasteiger charge is -2.16. The van der Waals surface area contributed by atoms with Crippen molar-refractivity contribution in [2.24, 2.45) is 7.05 Å². The van der Waals surface area contributed by atoms with Crippen LogP contribution < -0.4 is 10.1 Å². The van der Waals surface area contributed by atoms with Gasteiger partial charge in [0.05, 0.1) is 11.4 Å². The standard InChI is InChI=1S/C21H23FN4O2S/c1-13-9-10-18(14(2)11-13)28-15(3)20-24-25-21(26(20)4)29-12-19(27)23-17-8-6-5-7-16(17)22/h5-11,15H,12H2,1-4H3,(H,23,27). The van der Waals surface area contributed by atoms with Crippen LogP contribution in [0, 0.1) is 19.7 Å². The lowest BCUT2D eigenvalue weighted by atomic mass is 10.1. The summed E-state index contributed by atoms with van der Waals surface area (Å²) in [6, 6.07) is 12.1. The van der Waals surface area contributed by atoms with Crippen LogP contribution in [0.3, 0.4) is 0 Å². The summed E-state index contributed by atoms with van der Waals surface area (Å²) in [6.07, 6.45) is -0.310. The summed E-state index contributed by atoms with van der Waals surface area (Å²) >= 11 is 1.23. The van der Waals surface area contributed by atoms with Gasteiger partial charge in [-0.2, -0.15) is 0 Å². The van der Waals surface area contributed by atoms with Gasteiger partial charge in [0, 0.05) is 7.05 Å². The van der Waals surface area contributed by atoms with E-state index in [1.807, 2.05) is 40.0 Å². The zero-order valence-electron chi connectivity index (χ0n) is 16.8. The first-order valence-corrected chi connectivity index (χ1v) is 10.1. The second kappa shape index (κ2) is 9.09. The van der Waals surface area contributed by atoms with E-state index in [1.165, 1.54) is 29.5 Å². The Morgan fingerprint density at radius 3 is 2.72 bits per heavy atom. The summed E-state index contributed by atoms with van der Waals surface area (Å²) in [7, 11) is 1.83. The molecule has 152 valence electrons. The first-order valence-electron chi connectivity index (χ1n) is 9.15. The van der Waals surface area contributed by atoms with E-state index in [9.17, 15) is 9.18 Å². The first kappa shape index (κ1) is 20.9. The van der Waals surface area contributed by atoms with E-state index in [0.717, 1.165) is 11.3 Å². The zero-order valence-corrected chi connectivity index (χ0v) is 17.6. The van der Waals surface area contributed by atoms with E-state index >= 15 is 0 Å². The van der Waals surface area contributed by atoms with Crippen molar-refractivity contribution < 1.29 is 13.9 Å². The fraction of sp³-hybridized carbons (Fsp3) is 0.286. The zero-order chi connectivity index (χ0) is 21.0. The molecule has 8 heteroatoms. The molecule has 0 aliphatic heterocycles. The second-order valence-corrected chi connectivity index (χ2v) is 7.69. The maximum absolute atomic E-state index is 13.6. The van der Waals surface area contributed by atoms with Crippen LogP contribution in [0.1, 0.15) is 30.0 Å². The summed E-state index contributed by atoms with van der Waals surface area (Å²) in [4.78, 5) is 12.1. The number of aromatic nitrogens is 3. The number of thioether (sulfide) groups is 1. The normalized spacial score (nSPS) is 11.9. The first-order chi connectivity index (χ1) is 13.8. The van der Waals surface area contributed by atoms with E-state index in [1.54, 1.807) is 16.7 Å². The van der Waals surface area contributed by atoms with Gasteiger partial charge in [-0.3, -0.25) is 4.79 Å². The Hall–Kier alpha value is -2.87. The van der Waals surface area contributed by atoms with Gasteiger partial charge in [0.25, 0.3) is 0 Å². The number of aryl methyl sites for hydroxylation is 2. The number of anilines is 1. The number of hydrogen-bond acceptors (Lipinski definition) is 5. The van der Waals surface area contributed by atoms with Crippen molar-refractivity contribution in [3.05, 3.63) is 65.2 Å². The number of nitrogens with zero attached hydrogens (tertiary/aromatic N) is 3. The number of halogens is 1. The molecule has 0 fully saturated rings. The minimum Gasteiger partial charge on any atom is -0.482 e. The smallest absolute Gasteiger partial charge is 0.234 e. The molecule has 29 heavy (non-hydrogen) atoms. The quantitative estimate of drug-likeness (QED) is 0.579. The number of ether oxygens (including phenoxy) is 1. The fourth-order valence-corrected chi connectivity index (χ4v) is 3.58. The van der Waals surface area contributed by atoms with E-state index in [-0.39, 0.29) is 23.5 Å². The Balaban J connectivity index is 1.61. The number of rotatable bonds is 7. The predicted octanol–water partition coefficient (Wildman–Crippen LogP) is 4.44. The van der Waals surface area contributed by atoms with Gasteiger partial charge in [-0.1, -0.05) is 41.6 Å². The number of para-hydroxylation sites is 1. The molecule has 0 bridgehead atoms. The third-order valence-electron chi connectivity index (χ3n) is 4.35. The molecule has 1 N–H and O–H groups in total. The number of carbonyl (C=O) groups is 1. The minimum atomic E-state index is -0.468. The molecule has 3 rings (SSSR count). The molecule has 0 saturated carbocycles. The van der Waals surface area contributed by atoms with Gasteiger partial charge in [-0.05, 0) is 44.5 Å². The molecule has 2 aromatic carbocycles. The Bertz CT molecular complexity index is 1020. The molecular formula is C21H23FN4O2S. The summed E-state index contributed by atoms with van der Waals surface area (Å²) in [5, 5.41) is 11.5. The second-order valence-electron chi connectivity index (χ2n) is 6.75. The van der Waals surface area contributed by atoms with Gasteiger partial charge in [-0.15, -0.1) is 10.2 Å².